The van der Waals surface area contributed by atoms with E-state index in [1.807, 2.05) is 12.1 Å². The Hall–Kier alpha value is -0.930. The summed E-state index contributed by atoms with van der Waals surface area (Å²) < 4.78 is 12.7. The Morgan fingerprint density at radius 1 is 1.19 bits per heavy atom. The van der Waals surface area contributed by atoms with Crippen LogP contribution in [0.25, 0.3) is 0 Å². The summed E-state index contributed by atoms with van der Waals surface area (Å²) in [5, 5.41) is 3.20. The van der Waals surface area contributed by atoms with Gasteiger partial charge in [-0.2, -0.15) is 0 Å². The summed E-state index contributed by atoms with van der Waals surface area (Å²) in [6, 6.07) is 6.91. The van der Waals surface area contributed by atoms with Gasteiger partial charge in [0.1, 0.15) is 5.82 Å². The maximum Gasteiger partial charge on any atom is 0.123 e. The van der Waals surface area contributed by atoms with Gasteiger partial charge in [-0.25, -0.2) is 4.39 Å². The van der Waals surface area contributed by atoms with Crippen LogP contribution in [0.1, 0.15) is 31.2 Å². The fourth-order valence-electron chi connectivity index (χ4n) is 2.23. The lowest BCUT2D eigenvalue weighted by atomic mass is 10.0. The lowest BCUT2D eigenvalue weighted by Crippen LogP contribution is -2.38. The zero-order valence-corrected chi connectivity index (χ0v) is 9.32. The molecule has 1 saturated heterocycles. The molecule has 1 fully saturated rings. The van der Waals surface area contributed by atoms with E-state index in [0.29, 0.717) is 6.04 Å². The van der Waals surface area contributed by atoms with E-state index < -0.39 is 0 Å². The summed E-state index contributed by atoms with van der Waals surface area (Å²) in [5.41, 5.74) is 10.7. The van der Waals surface area contributed by atoms with E-state index in [2.05, 4.69) is 5.32 Å². The van der Waals surface area contributed by atoms with Crippen LogP contribution in [0.15, 0.2) is 24.3 Å². The number of nitrogens with one attached hydrogen (secondary N) is 1. The second-order valence-electron chi connectivity index (χ2n) is 4.49. The Balaban J connectivity index is 1.95. The molecular formula is C13H17FN2. The van der Waals surface area contributed by atoms with E-state index >= 15 is 0 Å². The minimum atomic E-state index is -0.382. The fraction of sp³-hybridized carbons (Fsp3) is 0.538. The third kappa shape index (κ3) is 3.29. The van der Waals surface area contributed by atoms with E-state index in [9.17, 15) is 10.1 Å². The number of hydrogen-bond donors (Lipinski definition) is 1. The number of rotatable bonds is 2. The second kappa shape index (κ2) is 5.41. The fourth-order valence-corrected chi connectivity index (χ4v) is 2.23. The topological polar surface area (TPSA) is 34.3 Å². The first-order chi connectivity index (χ1) is 7.74. The van der Waals surface area contributed by atoms with Gasteiger partial charge in [0.2, 0.25) is 0 Å². The molecule has 0 bridgehead atoms. The molecule has 2 unspecified atom stereocenters. The third-order valence-corrected chi connectivity index (χ3v) is 3.10. The van der Waals surface area contributed by atoms with Crippen LogP contribution in [0.3, 0.4) is 0 Å². The Kier molecular flexibility index (Phi) is 3.91. The SMILES string of the molecule is [N]C1CCCCC(Cc2ccc(F)cc2)N1. The van der Waals surface area contributed by atoms with Gasteiger partial charge >= 0.3 is 0 Å². The highest BCUT2D eigenvalue weighted by Crippen LogP contribution is 2.15. The van der Waals surface area contributed by atoms with Gasteiger partial charge in [-0.05, 0) is 37.0 Å². The molecule has 1 aromatic rings. The molecule has 0 spiro atoms. The average molecular weight is 220 g/mol. The lowest BCUT2D eigenvalue weighted by Gasteiger charge is -2.18. The van der Waals surface area contributed by atoms with Crippen molar-refractivity contribution in [1.82, 2.24) is 11.1 Å². The molecule has 0 aromatic heterocycles. The molecule has 2 radical (unpaired) electrons. The van der Waals surface area contributed by atoms with Gasteiger partial charge in [0.05, 0.1) is 6.17 Å². The predicted molar refractivity (Wildman–Crippen MR) is 61.4 cm³/mol. The van der Waals surface area contributed by atoms with Gasteiger partial charge < -0.3 is 0 Å². The monoisotopic (exact) mass is 220 g/mol. The van der Waals surface area contributed by atoms with Crippen molar-refractivity contribution in [3.63, 3.8) is 0 Å². The van der Waals surface area contributed by atoms with Crippen molar-refractivity contribution in [2.24, 2.45) is 0 Å². The highest BCUT2D eigenvalue weighted by Gasteiger charge is 2.17. The first kappa shape index (κ1) is 11.6. The van der Waals surface area contributed by atoms with Gasteiger partial charge in [-0.15, -0.1) is 5.73 Å². The summed E-state index contributed by atoms with van der Waals surface area (Å²) in [7, 11) is 0. The van der Waals surface area contributed by atoms with Crippen LogP contribution in [-0.2, 0) is 6.42 Å². The largest absolute Gasteiger partial charge is 0.296 e. The molecule has 1 aliphatic heterocycles. The second-order valence-corrected chi connectivity index (χ2v) is 4.49. The number of hydrogen-bond acceptors (Lipinski definition) is 1. The third-order valence-electron chi connectivity index (χ3n) is 3.10. The molecule has 1 aromatic carbocycles. The van der Waals surface area contributed by atoms with Crippen molar-refractivity contribution in [3.8, 4) is 0 Å². The minimum absolute atomic E-state index is 0.197. The molecule has 0 amide bonds. The summed E-state index contributed by atoms with van der Waals surface area (Å²) in [6.07, 6.45) is 4.61. The molecule has 86 valence electrons. The quantitative estimate of drug-likeness (QED) is 0.815. The van der Waals surface area contributed by atoms with Gasteiger partial charge in [-0.1, -0.05) is 25.0 Å². The van der Waals surface area contributed by atoms with E-state index in [1.54, 1.807) is 0 Å². The Morgan fingerprint density at radius 3 is 2.62 bits per heavy atom. The summed E-state index contributed by atoms with van der Waals surface area (Å²) in [5.74, 6) is -0.197. The van der Waals surface area contributed by atoms with Crippen LogP contribution in [0.2, 0.25) is 0 Å². The zero-order chi connectivity index (χ0) is 11.4. The first-order valence-electron chi connectivity index (χ1n) is 5.92. The normalized spacial score (nSPS) is 26.4. The van der Waals surface area contributed by atoms with Crippen molar-refractivity contribution in [2.45, 2.75) is 44.3 Å². The molecule has 2 atom stereocenters. The van der Waals surface area contributed by atoms with Crippen molar-refractivity contribution in [1.29, 1.82) is 0 Å². The number of benzene rings is 1. The molecule has 3 heteroatoms. The Labute approximate surface area is 96.0 Å². The molecule has 1 aliphatic rings. The van der Waals surface area contributed by atoms with E-state index in [4.69, 9.17) is 0 Å². The van der Waals surface area contributed by atoms with Crippen LogP contribution in [-0.4, -0.2) is 12.2 Å². The highest BCUT2D eigenvalue weighted by molar-refractivity contribution is 5.17. The minimum Gasteiger partial charge on any atom is -0.296 e. The van der Waals surface area contributed by atoms with Gasteiger partial charge in [0, 0.05) is 6.04 Å². The molecule has 16 heavy (non-hydrogen) atoms. The van der Waals surface area contributed by atoms with Crippen molar-refractivity contribution in [2.75, 3.05) is 0 Å². The summed E-state index contributed by atoms with van der Waals surface area (Å²) >= 11 is 0. The van der Waals surface area contributed by atoms with Crippen molar-refractivity contribution < 1.29 is 4.39 Å². The summed E-state index contributed by atoms with van der Waals surface area (Å²) in [6.45, 7) is 0. The number of nitrogens with zero attached hydrogens (tertiary/aromatic N) is 1. The van der Waals surface area contributed by atoms with Gasteiger partial charge in [-0.3, -0.25) is 5.32 Å². The van der Waals surface area contributed by atoms with Crippen LogP contribution < -0.4 is 11.1 Å². The molecule has 0 saturated carbocycles. The smallest absolute Gasteiger partial charge is 0.123 e. The maximum atomic E-state index is 12.7. The van der Waals surface area contributed by atoms with Crippen molar-refractivity contribution >= 4 is 0 Å². The predicted octanol–water partition coefficient (Wildman–Crippen LogP) is 2.30. The van der Waals surface area contributed by atoms with E-state index in [0.717, 1.165) is 37.7 Å². The van der Waals surface area contributed by atoms with Gasteiger partial charge in [0.15, 0.2) is 0 Å². The first-order valence-corrected chi connectivity index (χ1v) is 5.92. The van der Waals surface area contributed by atoms with Crippen molar-refractivity contribution in [3.05, 3.63) is 35.6 Å². The zero-order valence-electron chi connectivity index (χ0n) is 9.32. The maximum absolute atomic E-state index is 12.7. The van der Waals surface area contributed by atoms with Crippen LogP contribution in [0.5, 0.6) is 0 Å². The summed E-state index contributed by atoms with van der Waals surface area (Å²) in [4.78, 5) is 0. The van der Waals surface area contributed by atoms with Gasteiger partial charge in [0.25, 0.3) is 0 Å². The molecule has 2 nitrogen and oxygen atoms in total. The van der Waals surface area contributed by atoms with E-state index in [-0.39, 0.29) is 12.0 Å². The Bertz CT molecular complexity index is 323. The van der Waals surface area contributed by atoms with Crippen LogP contribution >= 0.6 is 0 Å². The molecule has 0 aliphatic carbocycles. The standard InChI is InChI=1S/C13H17FN2/c14-11-7-5-10(6-8-11)9-12-3-1-2-4-13(15)16-12/h5-8,12-13,16H,1-4,9H2. The molecule has 1 heterocycles. The highest BCUT2D eigenvalue weighted by atomic mass is 19.1. The van der Waals surface area contributed by atoms with Crippen LogP contribution in [0, 0.1) is 5.82 Å². The average Bonchev–Trinajstić information content (AvgIpc) is 2.46. The molecule has 2 rings (SSSR count). The van der Waals surface area contributed by atoms with E-state index in [1.165, 1.54) is 12.1 Å². The number of halogens is 1. The molecular weight excluding hydrogens is 203 g/mol. The van der Waals surface area contributed by atoms with Crippen LogP contribution in [0.4, 0.5) is 4.39 Å². The Morgan fingerprint density at radius 2 is 1.88 bits per heavy atom. The molecule has 1 N–H and O–H groups in total. The lowest BCUT2D eigenvalue weighted by molar-refractivity contribution is 0.426.